The van der Waals surface area contributed by atoms with E-state index in [1.165, 1.54) is 19.4 Å². The van der Waals surface area contributed by atoms with Gasteiger partial charge < -0.3 is 5.11 Å². The predicted octanol–water partition coefficient (Wildman–Crippen LogP) is 2.05. The Morgan fingerprint density at radius 2 is 2.22 bits per heavy atom. The van der Waals surface area contributed by atoms with Gasteiger partial charge in [0.2, 0.25) is 0 Å². The minimum atomic E-state index is -0.674. The Morgan fingerprint density at radius 1 is 1.50 bits per heavy atom. The first-order valence-corrected chi connectivity index (χ1v) is 7.27. The summed E-state index contributed by atoms with van der Waals surface area (Å²) in [5, 5.41) is 9.31. The maximum Gasteiger partial charge on any atom is 0.320 e. The zero-order valence-electron chi connectivity index (χ0n) is 12.1. The molecule has 2 unspecified atom stereocenters. The Morgan fingerprint density at radius 3 is 2.78 bits per heavy atom. The number of carboxylic acids is 1. The lowest BCUT2D eigenvalue weighted by atomic mass is 10.1. The summed E-state index contributed by atoms with van der Waals surface area (Å²) >= 11 is 0. The molecule has 1 saturated heterocycles. The molecule has 1 aliphatic rings. The number of carboxylic acid groups (broad SMARTS) is 1. The Bertz CT molecular complexity index is 258. The summed E-state index contributed by atoms with van der Waals surface area (Å²) < 4.78 is 0. The summed E-state index contributed by atoms with van der Waals surface area (Å²) in [6.07, 6.45) is 5.27. The van der Waals surface area contributed by atoms with E-state index in [1.807, 2.05) is 11.9 Å². The lowest BCUT2D eigenvalue weighted by Gasteiger charge is -2.31. The van der Waals surface area contributed by atoms with Crippen LogP contribution in [0.15, 0.2) is 0 Å². The van der Waals surface area contributed by atoms with E-state index in [9.17, 15) is 9.90 Å². The smallest absolute Gasteiger partial charge is 0.320 e. The van der Waals surface area contributed by atoms with E-state index >= 15 is 0 Å². The Labute approximate surface area is 111 Å². The molecule has 4 heteroatoms. The monoisotopic (exact) mass is 256 g/mol. The third-order valence-electron chi connectivity index (χ3n) is 4.05. The van der Waals surface area contributed by atoms with E-state index in [4.69, 9.17) is 0 Å². The third-order valence-corrected chi connectivity index (χ3v) is 4.05. The van der Waals surface area contributed by atoms with Gasteiger partial charge >= 0.3 is 5.97 Å². The Balaban J connectivity index is 2.49. The number of hydrogen-bond donors (Lipinski definition) is 1. The van der Waals surface area contributed by atoms with Gasteiger partial charge in [0.25, 0.3) is 0 Å². The first kappa shape index (κ1) is 15.4. The number of rotatable bonds is 8. The highest BCUT2D eigenvalue weighted by Crippen LogP contribution is 2.19. The van der Waals surface area contributed by atoms with Crippen LogP contribution < -0.4 is 0 Å². The van der Waals surface area contributed by atoms with Gasteiger partial charge in [-0.1, -0.05) is 26.7 Å². The fraction of sp³-hybridized carbons (Fsp3) is 0.929. The van der Waals surface area contributed by atoms with E-state index in [0.717, 1.165) is 32.4 Å². The molecule has 4 nitrogen and oxygen atoms in total. The van der Waals surface area contributed by atoms with Crippen molar-refractivity contribution in [2.45, 2.75) is 58.0 Å². The average Bonchev–Trinajstić information content (AvgIpc) is 2.76. The van der Waals surface area contributed by atoms with Crippen LogP contribution in [0.5, 0.6) is 0 Å². The van der Waals surface area contributed by atoms with Gasteiger partial charge in [-0.2, -0.15) is 0 Å². The second kappa shape index (κ2) is 7.74. The molecule has 0 radical (unpaired) electrons. The molecule has 106 valence electrons. The average molecular weight is 256 g/mol. The van der Waals surface area contributed by atoms with Gasteiger partial charge in [-0.3, -0.25) is 14.6 Å². The van der Waals surface area contributed by atoms with Crippen LogP contribution in [0.3, 0.4) is 0 Å². The second-order valence-corrected chi connectivity index (χ2v) is 5.36. The SMILES string of the molecule is CCCCC(C(=O)O)N(C)CC1CCCN1CC. The number of nitrogens with zero attached hydrogens (tertiary/aromatic N) is 2. The van der Waals surface area contributed by atoms with Crippen LogP contribution in [0.4, 0.5) is 0 Å². The summed E-state index contributed by atoms with van der Waals surface area (Å²) in [6.45, 7) is 7.42. The number of likely N-dealkylation sites (N-methyl/N-ethyl adjacent to an activating group) is 2. The molecule has 0 aromatic rings. The molecule has 1 heterocycles. The summed E-state index contributed by atoms with van der Waals surface area (Å²) in [6, 6.07) is 0.229. The molecule has 1 aliphatic heterocycles. The summed E-state index contributed by atoms with van der Waals surface area (Å²) in [5.74, 6) is -0.674. The van der Waals surface area contributed by atoms with Crippen molar-refractivity contribution < 1.29 is 9.90 Å². The molecule has 0 amide bonds. The van der Waals surface area contributed by atoms with Crippen molar-refractivity contribution in [3.63, 3.8) is 0 Å². The number of carbonyl (C=O) groups is 1. The van der Waals surface area contributed by atoms with Gasteiger partial charge in [0, 0.05) is 12.6 Å². The molecule has 0 saturated carbocycles. The van der Waals surface area contributed by atoms with Gasteiger partial charge in [0.15, 0.2) is 0 Å². The molecular weight excluding hydrogens is 228 g/mol. The lowest BCUT2D eigenvalue weighted by molar-refractivity contribution is -0.143. The molecule has 1 rings (SSSR count). The zero-order valence-corrected chi connectivity index (χ0v) is 12.1. The summed E-state index contributed by atoms with van der Waals surface area (Å²) in [5.41, 5.74) is 0. The van der Waals surface area contributed by atoms with Crippen molar-refractivity contribution in [1.82, 2.24) is 9.80 Å². The fourth-order valence-electron chi connectivity index (χ4n) is 2.91. The highest BCUT2D eigenvalue weighted by atomic mass is 16.4. The van der Waals surface area contributed by atoms with Crippen LogP contribution in [0, 0.1) is 0 Å². The van der Waals surface area contributed by atoms with Crippen LogP contribution in [0.2, 0.25) is 0 Å². The first-order valence-electron chi connectivity index (χ1n) is 7.27. The summed E-state index contributed by atoms with van der Waals surface area (Å²) in [7, 11) is 1.96. The van der Waals surface area contributed by atoms with E-state index in [0.29, 0.717) is 6.04 Å². The molecule has 0 spiro atoms. The second-order valence-electron chi connectivity index (χ2n) is 5.36. The van der Waals surface area contributed by atoms with Crippen molar-refractivity contribution in [1.29, 1.82) is 0 Å². The standard InChI is InChI=1S/C14H28N2O2/c1-4-6-9-13(14(17)18)15(3)11-12-8-7-10-16(12)5-2/h12-13H,4-11H2,1-3H3,(H,17,18). The number of unbranched alkanes of at least 4 members (excludes halogenated alkanes) is 1. The Kier molecular flexibility index (Phi) is 6.65. The van der Waals surface area contributed by atoms with E-state index in [-0.39, 0.29) is 6.04 Å². The quantitative estimate of drug-likeness (QED) is 0.722. The maximum atomic E-state index is 11.3. The number of likely N-dealkylation sites (tertiary alicyclic amines) is 1. The molecule has 1 fully saturated rings. The summed E-state index contributed by atoms with van der Waals surface area (Å²) in [4.78, 5) is 15.8. The van der Waals surface area contributed by atoms with Gasteiger partial charge in [-0.25, -0.2) is 0 Å². The molecule has 1 N–H and O–H groups in total. The molecule has 0 bridgehead atoms. The van der Waals surface area contributed by atoms with Gasteiger partial charge in [-0.15, -0.1) is 0 Å². The van der Waals surface area contributed by atoms with E-state index < -0.39 is 5.97 Å². The van der Waals surface area contributed by atoms with E-state index in [1.54, 1.807) is 0 Å². The molecule has 0 aromatic heterocycles. The molecule has 0 aliphatic carbocycles. The van der Waals surface area contributed by atoms with Crippen molar-refractivity contribution in [2.24, 2.45) is 0 Å². The topological polar surface area (TPSA) is 43.8 Å². The van der Waals surface area contributed by atoms with Crippen LogP contribution in [-0.4, -0.2) is 59.6 Å². The van der Waals surface area contributed by atoms with Crippen molar-refractivity contribution in [3.05, 3.63) is 0 Å². The van der Waals surface area contributed by atoms with Crippen LogP contribution in [0.1, 0.15) is 46.0 Å². The van der Waals surface area contributed by atoms with Crippen LogP contribution in [0.25, 0.3) is 0 Å². The molecule has 2 atom stereocenters. The van der Waals surface area contributed by atoms with E-state index in [2.05, 4.69) is 18.7 Å². The molecular formula is C14H28N2O2. The first-order chi connectivity index (χ1) is 8.60. The highest BCUT2D eigenvalue weighted by molar-refractivity contribution is 5.73. The van der Waals surface area contributed by atoms with Gasteiger partial charge in [0.1, 0.15) is 6.04 Å². The van der Waals surface area contributed by atoms with Gasteiger partial charge in [-0.05, 0) is 39.4 Å². The Hall–Kier alpha value is -0.610. The predicted molar refractivity (Wildman–Crippen MR) is 73.8 cm³/mol. The fourth-order valence-corrected chi connectivity index (χ4v) is 2.91. The largest absolute Gasteiger partial charge is 0.480 e. The van der Waals surface area contributed by atoms with Crippen molar-refractivity contribution in [3.8, 4) is 0 Å². The molecule has 18 heavy (non-hydrogen) atoms. The highest BCUT2D eigenvalue weighted by Gasteiger charge is 2.28. The van der Waals surface area contributed by atoms with Crippen LogP contribution >= 0.6 is 0 Å². The third kappa shape index (κ3) is 4.25. The van der Waals surface area contributed by atoms with Gasteiger partial charge in [0.05, 0.1) is 0 Å². The number of aliphatic carboxylic acids is 1. The minimum Gasteiger partial charge on any atom is -0.480 e. The van der Waals surface area contributed by atoms with Crippen molar-refractivity contribution >= 4 is 5.97 Å². The van der Waals surface area contributed by atoms with Crippen LogP contribution in [-0.2, 0) is 4.79 Å². The lowest BCUT2D eigenvalue weighted by Crippen LogP contribution is -2.45. The maximum absolute atomic E-state index is 11.3. The molecule has 0 aromatic carbocycles. The minimum absolute atomic E-state index is 0.316. The zero-order chi connectivity index (χ0) is 13.5. The van der Waals surface area contributed by atoms with Crippen molar-refractivity contribution in [2.75, 3.05) is 26.7 Å². The number of hydrogen-bond acceptors (Lipinski definition) is 3. The normalized spacial score (nSPS) is 22.6.